The van der Waals surface area contributed by atoms with Crippen molar-refractivity contribution in [1.29, 1.82) is 0 Å². The second-order valence-corrected chi connectivity index (χ2v) is 8.62. The fraction of sp³-hybridized carbons (Fsp3) is 0.565. The molecule has 156 valence electrons. The molecule has 1 saturated carbocycles. The molecule has 1 amide bonds. The van der Waals surface area contributed by atoms with Gasteiger partial charge in [-0.25, -0.2) is 4.79 Å². The van der Waals surface area contributed by atoms with E-state index in [0.29, 0.717) is 18.2 Å². The summed E-state index contributed by atoms with van der Waals surface area (Å²) in [5.41, 5.74) is 7.93. The van der Waals surface area contributed by atoms with Crippen LogP contribution in [-0.2, 0) is 4.79 Å². The number of carboxylic acids is 1. The zero-order chi connectivity index (χ0) is 20.7. The fourth-order valence-corrected chi connectivity index (χ4v) is 5.99. The second-order valence-electron chi connectivity index (χ2n) is 8.62. The highest BCUT2D eigenvalue weighted by Gasteiger charge is 2.48. The van der Waals surface area contributed by atoms with E-state index < -0.39 is 5.97 Å². The molecule has 1 unspecified atom stereocenters. The first-order valence-electron chi connectivity index (χ1n) is 10.8. The number of likely N-dealkylation sites (N-methyl/N-ethyl adjacent to an activating group) is 1. The van der Waals surface area contributed by atoms with Crippen LogP contribution in [0.1, 0.15) is 67.7 Å². The van der Waals surface area contributed by atoms with Crippen molar-refractivity contribution in [1.82, 2.24) is 9.47 Å². The van der Waals surface area contributed by atoms with Crippen molar-refractivity contribution in [2.45, 2.75) is 64.6 Å². The molecule has 0 spiro atoms. The Kier molecular flexibility index (Phi) is 5.38. The number of rotatable bonds is 5. The molecule has 2 fully saturated rings. The molecule has 2 aromatic rings. The van der Waals surface area contributed by atoms with Crippen LogP contribution in [0.2, 0.25) is 0 Å². The summed E-state index contributed by atoms with van der Waals surface area (Å²) in [7, 11) is 0. The number of fused-ring (bicyclic) bond motifs is 1. The summed E-state index contributed by atoms with van der Waals surface area (Å²) in [4.78, 5) is 26.9. The number of nitrogens with zero attached hydrogens (tertiary/aromatic N) is 2. The largest absolute Gasteiger partial charge is 0.477 e. The summed E-state index contributed by atoms with van der Waals surface area (Å²) < 4.78 is 1.95. The highest BCUT2D eigenvalue weighted by molar-refractivity contribution is 5.98. The molecule has 1 saturated heterocycles. The van der Waals surface area contributed by atoms with Gasteiger partial charge in [0.25, 0.3) is 0 Å². The van der Waals surface area contributed by atoms with Gasteiger partial charge in [-0.15, -0.1) is 0 Å². The van der Waals surface area contributed by atoms with Crippen molar-refractivity contribution < 1.29 is 14.7 Å². The molecule has 1 aromatic carbocycles. The lowest BCUT2D eigenvalue weighted by Gasteiger charge is -2.33. The molecule has 0 bridgehead atoms. The lowest BCUT2D eigenvalue weighted by atomic mass is 9.76. The summed E-state index contributed by atoms with van der Waals surface area (Å²) >= 11 is 0. The molecule has 29 heavy (non-hydrogen) atoms. The molecule has 1 aliphatic heterocycles. The van der Waals surface area contributed by atoms with Crippen LogP contribution in [0.15, 0.2) is 24.3 Å². The number of nitrogens with two attached hydrogens (primary N) is 1. The number of carbonyl (C=O) groups is 2. The number of carbonyl (C=O) groups excluding carboxylic acids is 1. The van der Waals surface area contributed by atoms with Crippen LogP contribution in [0, 0.1) is 18.8 Å². The van der Waals surface area contributed by atoms with Gasteiger partial charge in [-0.1, -0.05) is 57.2 Å². The van der Waals surface area contributed by atoms with E-state index >= 15 is 0 Å². The van der Waals surface area contributed by atoms with E-state index in [-0.39, 0.29) is 24.0 Å². The molecular formula is C23H31N3O3. The van der Waals surface area contributed by atoms with Crippen LogP contribution in [0.5, 0.6) is 0 Å². The number of likely N-dealkylation sites (tertiary alicyclic amines) is 1. The van der Waals surface area contributed by atoms with Gasteiger partial charge in [0.1, 0.15) is 5.69 Å². The monoisotopic (exact) mass is 397 g/mol. The summed E-state index contributed by atoms with van der Waals surface area (Å²) in [5, 5.41) is 11.0. The van der Waals surface area contributed by atoms with E-state index in [0.717, 1.165) is 35.7 Å². The Morgan fingerprint density at radius 1 is 1.17 bits per heavy atom. The third-order valence-corrected chi connectivity index (χ3v) is 7.20. The van der Waals surface area contributed by atoms with E-state index in [4.69, 9.17) is 5.73 Å². The van der Waals surface area contributed by atoms with Crippen molar-refractivity contribution in [3.8, 4) is 0 Å². The van der Waals surface area contributed by atoms with Gasteiger partial charge in [0.15, 0.2) is 0 Å². The number of amides is 1. The minimum atomic E-state index is -0.925. The predicted octanol–water partition coefficient (Wildman–Crippen LogP) is 3.92. The average Bonchev–Trinajstić information content (AvgIpc) is 3.24. The smallest absolute Gasteiger partial charge is 0.352 e. The Balaban J connectivity index is 1.85. The van der Waals surface area contributed by atoms with Gasteiger partial charge >= 0.3 is 5.97 Å². The van der Waals surface area contributed by atoms with Gasteiger partial charge in [-0.05, 0) is 43.4 Å². The van der Waals surface area contributed by atoms with Crippen molar-refractivity contribution >= 4 is 22.8 Å². The van der Waals surface area contributed by atoms with E-state index in [2.05, 4.69) is 4.90 Å². The zero-order valence-corrected chi connectivity index (χ0v) is 17.3. The predicted molar refractivity (Wildman–Crippen MR) is 113 cm³/mol. The van der Waals surface area contributed by atoms with Crippen LogP contribution in [0.3, 0.4) is 0 Å². The molecule has 1 aliphatic carbocycles. The third kappa shape index (κ3) is 3.23. The Morgan fingerprint density at radius 3 is 2.48 bits per heavy atom. The Bertz CT molecular complexity index is 929. The molecule has 6 heteroatoms. The van der Waals surface area contributed by atoms with E-state index in [1.54, 1.807) is 0 Å². The Morgan fingerprint density at radius 2 is 1.86 bits per heavy atom. The fourth-order valence-electron chi connectivity index (χ4n) is 5.99. The summed E-state index contributed by atoms with van der Waals surface area (Å²) in [6, 6.07) is 7.50. The number of benzene rings is 1. The lowest BCUT2D eigenvalue weighted by Crippen LogP contribution is -2.46. The Hall–Kier alpha value is -2.34. The summed E-state index contributed by atoms with van der Waals surface area (Å²) in [6.45, 7) is 4.56. The molecule has 3 N–H and O–H groups in total. The molecule has 2 heterocycles. The van der Waals surface area contributed by atoms with Crippen molar-refractivity contribution in [2.75, 3.05) is 6.54 Å². The van der Waals surface area contributed by atoms with Gasteiger partial charge in [0, 0.05) is 5.39 Å². The standard InChI is InChI=1S/C23H31N3O3/c1-3-25-19(13-17(21(25)22(24)27)15-9-5-4-6-10-15)26-18-12-8-7-11-16(18)14(2)20(26)23(28)29/h7-8,11-12,15,17,19,21H,3-6,9-10,13H2,1-2H3,(H2,24,27)(H,28,29)/t17-,19?,21-/m0/s1. The number of hydrogen-bond acceptors (Lipinski definition) is 3. The van der Waals surface area contributed by atoms with Gasteiger partial charge < -0.3 is 15.4 Å². The van der Waals surface area contributed by atoms with Gasteiger partial charge in [0.2, 0.25) is 5.91 Å². The molecule has 4 rings (SSSR count). The van der Waals surface area contributed by atoms with Crippen molar-refractivity contribution in [3.63, 3.8) is 0 Å². The van der Waals surface area contributed by atoms with Crippen LogP contribution in [-0.4, -0.2) is 39.0 Å². The normalized spacial score (nSPS) is 26.2. The minimum absolute atomic E-state index is 0.172. The van der Waals surface area contributed by atoms with Crippen molar-refractivity contribution in [3.05, 3.63) is 35.5 Å². The van der Waals surface area contributed by atoms with Crippen LogP contribution in [0.25, 0.3) is 10.9 Å². The van der Waals surface area contributed by atoms with E-state index in [1.807, 2.05) is 42.7 Å². The number of aromatic carboxylic acids is 1. The quantitative estimate of drug-likeness (QED) is 0.800. The van der Waals surface area contributed by atoms with E-state index in [1.165, 1.54) is 19.3 Å². The van der Waals surface area contributed by atoms with Crippen LogP contribution >= 0.6 is 0 Å². The first-order chi connectivity index (χ1) is 14.0. The highest BCUT2D eigenvalue weighted by atomic mass is 16.4. The van der Waals surface area contributed by atoms with Gasteiger partial charge in [-0.2, -0.15) is 0 Å². The number of carboxylic acid groups (broad SMARTS) is 1. The maximum atomic E-state index is 12.5. The zero-order valence-electron chi connectivity index (χ0n) is 17.3. The lowest BCUT2D eigenvalue weighted by molar-refractivity contribution is -0.124. The van der Waals surface area contributed by atoms with Gasteiger partial charge in [-0.3, -0.25) is 9.69 Å². The molecule has 2 aliphatic rings. The first kappa shape index (κ1) is 20.0. The molecule has 6 nitrogen and oxygen atoms in total. The van der Waals surface area contributed by atoms with Crippen LogP contribution in [0.4, 0.5) is 0 Å². The number of hydrogen-bond donors (Lipinski definition) is 2. The second kappa shape index (κ2) is 7.82. The van der Waals surface area contributed by atoms with E-state index in [9.17, 15) is 14.7 Å². The number of primary amides is 1. The molecular weight excluding hydrogens is 366 g/mol. The molecule has 1 aromatic heterocycles. The van der Waals surface area contributed by atoms with Crippen LogP contribution < -0.4 is 5.73 Å². The topological polar surface area (TPSA) is 88.6 Å². The SMILES string of the molecule is CCN1C(n2c(C(=O)O)c(C)c3ccccc32)C[C@@H](C2CCCCC2)[C@H]1C(N)=O. The Labute approximate surface area is 171 Å². The summed E-state index contributed by atoms with van der Waals surface area (Å²) in [6.07, 6.45) is 6.53. The number of aromatic nitrogens is 1. The number of para-hydroxylation sites is 1. The molecule has 3 atom stereocenters. The number of aryl methyl sites for hydroxylation is 1. The summed E-state index contributed by atoms with van der Waals surface area (Å²) in [5.74, 6) is -0.543. The first-order valence-corrected chi connectivity index (χ1v) is 10.8. The minimum Gasteiger partial charge on any atom is -0.477 e. The van der Waals surface area contributed by atoms with Gasteiger partial charge in [0.05, 0.1) is 17.7 Å². The van der Waals surface area contributed by atoms with Crippen molar-refractivity contribution in [2.24, 2.45) is 17.6 Å². The average molecular weight is 398 g/mol. The maximum absolute atomic E-state index is 12.5. The molecule has 0 radical (unpaired) electrons. The highest BCUT2D eigenvalue weighted by Crippen LogP contribution is 2.46. The third-order valence-electron chi connectivity index (χ3n) is 7.20. The maximum Gasteiger partial charge on any atom is 0.352 e.